The number of nitrogens with zero attached hydrogens (tertiary/aromatic N) is 3. The number of hydrogen-bond donors (Lipinski definition) is 1. The molecule has 0 atom stereocenters. The minimum atomic E-state index is 0.639. The molecule has 0 amide bonds. The predicted octanol–water partition coefficient (Wildman–Crippen LogP) is 4.38. The average molecular weight is 372 g/mol. The molecule has 4 aromatic rings. The highest BCUT2D eigenvalue weighted by Gasteiger charge is 2.11. The first kappa shape index (κ1) is 17.7. The molecule has 2 aromatic carbocycles. The van der Waals surface area contributed by atoms with E-state index in [1.54, 1.807) is 14.2 Å². The van der Waals surface area contributed by atoms with E-state index in [0.29, 0.717) is 17.3 Å². The van der Waals surface area contributed by atoms with E-state index in [-0.39, 0.29) is 0 Å². The van der Waals surface area contributed by atoms with Gasteiger partial charge in [0.25, 0.3) is 0 Å². The highest BCUT2D eigenvalue weighted by Crippen LogP contribution is 2.34. The lowest BCUT2D eigenvalue weighted by atomic mass is 10.1. The van der Waals surface area contributed by atoms with Crippen LogP contribution in [0.1, 0.15) is 11.1 Å². The zero-order valence-electron chi connectivity index (χ0n) is 15.7. The third-order valence-electron chi connectivity index (χ3n) is 4.51. The molecule has 6 nitrogen and oxygen atoms in total. The monoisotopic (exact) mass is 372 g/mol. The first-order valence-electron chi connectivity index (χ1n) is 8.88. The lowest BCUT2D eigenvalue weighted by Gasteiger charge is -2.12. The van der Waals surface area contributed by atoms with Gasteiger partial charge in [0.1, 0.15) is 12.1 Å². The van der Waals surface area contributed by atoms with Crippen molar-refractivity contribution < 1.29 is 9.47 Å². The number of hydrogen-bond acceptors (Lipinski definition) is 6. The van der Waals surface area contributed by atoms with Crippen LogP contribution < -0.4 is 14.8 Å². The number of rotatable bonds is 6. The number of benzene rings is 2. The standard InChI is InChI=1S/C22H20N4O2/c1-27-20-12-18-19(13-21(20)28-2)24-14-25-22(18)26-17-5-3-15(4-6-17)11-16-7-9-23-10-8-16/h3-10,12-14H,11H2,1-2H3,(H,24,25,26). The molecule has 0 unspecified atom stereocenters. The molecule has 0 bridgehead atoms. The number of pyridine rings is 1. The van der Waals surface area contributed by atoms with Crippen molar-refractivity contribution in [3.8, 4) is 11.5 Å². The van der Waals surface area contributed by atoms with E-state index >= 15 is 0 Å². The van der Waals surface area contributed by atoms with Crippen molar-refractivity contribution in [2.24, 2.45) is 0 Å². The Morgan fingerprint density at radius 2 is 1.50 bits per heavy atom. The number of aromatic nitrogens is 3. The topological polar surface area (TPSA) is 69.2 Å². The number of fused-ring (bicyclic) bond motifs is 1. The maximum absolute atomic E-state index is 5.41. The van der Waals surface area contributed by atoms with E-state index in [0.717, 1.165) is 23.0 Å². The normalized spacial score (nSPS) is 10.6. The minimum Gasteiger partial charge on any atom is -0.493 e. The molecule has 0 aliphatic carbocycles. The van der Waals surface area contributed by atoms with E-state index in [9.17, 15) is 0 Å². The Balaban J connectivity index is 1.59. The summed E-state index contributed by atoms with van der Waals surface area (Å²) in [6.45, 7) is 0. The minimum absolute atomic E-state index is 0.639. The quantitative estimate of drug-likeness (QED) is 0.542. The van der Waals surface area contributed by atoms with E-state index < -0.39 is 0 Å². The van der Waals surface area contributed by atoms with Crippen LogP contribution in [0.5, 0.6) is 11.5 Å². The second-order valence-corrected chi connectivity index (χ2v) is 6.30. The van der Waals surface area contributed by atoms with Gasteiger partial charge in [0.05, 0.1) is 19.7 Å². The van der Waals surface area contributed by atoms with Crippen molar-refractivity contribution >= 4 is 22.4 Å². The Hall–Kier alpha value is -3.67. The predicted molar refractivity (Wildman–Crippen MR) is 109 cm³/mol. The Kier molecular flexibility index (Phi) is 5.01. The fourth-order valence-corrected chi connectivity index (χ4v) is 3.06. The Morgan fingerprint density at radius 1 is 0.821 bits per heavy atom. The van der Waals surface area contributed by atoms with Crippen molar-refractivity contribution in [3.63, 3.8) is 0 Å². The van der Waals surface area contributed by atoms with Gasteiger partial charge in [-0.3, -0.25) is 4.98 Å². The van der Waals surface area contributed by atoms with Crippen molar-refractivity contribution in [2.75, 3.05) is 19.5 Å². The van der Waals surface area contributed by atoms with Crippen LogP contribution in [-0.4, -0.2) is 29.2 Å². The summed E-state index contributed by atoms with van der Waals surface area (Å²) in [5, 5.41) is 4.23. The Bertz CT molecular complexity index is 1080. The SMILES string of the molecule is COc1cc2ncnc(Nc3ccc(Cc4ccncc4)cc3)c2cc1OC. The van der Waals surface area contributed by atoms with Gasteiger partial charge in [0, 0.05) is 29.5 Å². The fraction of sp³-hybridized carbons (Fsp3) is 0.136. The van der Waals surface area contributed by atoms with Gasteiger partial charge in [-0.05, 0) is 47.9 Å². The lowest BCUT2D eigenvalue weighted by Crippen LogP contribution is -1.98. The molecule has 0 aliphatic rings. The van der Waals surface area contributed by atoms with Crippen LogP contribution in [0, 0.1) is 0 Å². The van der Waals surface area contributed by atoms with Gasteiger partial charge in [0.15, 0.2) is 11.5 Å². The maximum atomic E-state index is 5.41. The third kappa shape index (κ3) is 3.71. The van der Waals surface area contributed by atoms with Gasteiger partial charge in [0.2, 0.25) is 0 Å². The van der Waals surface area contributed by atoms with Gasteiger partial charge in [-0.1, -0.05) is 12.1 Å². The second kappa shape index (κ2) is 7.92. The van der Waals surface area contributed by atoms with Crippen molar-refractivity contribution in [1.82, 2.24) is 15.0 Å². The molecular formula is C22H20N4O2. The van der Waals surface area contributed by atoms with Gasteiger partial charge in [-0.15, -0.1) is 0 Å². The molecule has 28 heavy (non-hydrogen) atoms. The molecule has 0 radical (unpaired) electrons. The summed E-state index contributed by atoms with van der Waals surface area (Å²) in [4.78, 5) is 12.8. The van der Waals surface area contributed by atoms with E-state index in [2.05, 4.69) is 32.4 Å². The first-order valence-corrected chi connectivity index (χ1v) is 8.88. The Morgan fingerprint density at radius 3 is 2.21 bits per heavy atom. The molecular weight excluding hydrogens is 352 g/mol. The number of methoxy groups -OCH3 is 2. The van der Waals surface area contributed by atoms with Crippen molar-refractivity contribution in [3.05, 3.63) is 78.4 Å². The molecule has 0 saturated heterocycles. The van der Waals surface area contributed by atoms with E-state index in [1.165, 1.54) is 17.5 Å². The zero-order valence-corrected chi connectivity index (χ0v) is 15.7. The number of nitrogens with one attached hydrogen (secondary N) is 1. The Labute approximate surface area is 163 Å². The summed E-state index contributed by atoms with van der Waals surface area (Å²) in [5.41, 5.74) is 4.20. The molecule has 2 aromatic heterocycles. The molecule has 0 fully saturated rings. The number of anilines is 2. The molecule has 2 heterocycles. The summed E-state index contributed by atoms with van der Waals surface area (Å²) in [5.74, 6) is 1.99. The van der Waals surface area contributed by atoms with Crippen molar-refractivity contribution in [2.45, 2.75) is 6.42 Å². The smallest absolute Gasteiger partial charge is 0.162 e. The maximum Gasteiger partial charge on any atom is 0.162 e. The molecule has 1 N–H and O–H groups in total. The highest BCUT2D eigenvalue weighted by molar-refractivity contribution is 5.93. The van der Waals surface area contributed by atoms with Crippen LogP contribution in [0.15, 0.2) is 67.3 Å². The van der Waals surface area contributed by atoms with Crippen molar-refractivity contribution in [1.29, 1.82) is 0 Å². The van der Waals surface area contributed by atoms with Gasteiger partial charge < -0.3 is 14.8 Å². The molecule has 0 saturated carbocycles. The summed E-state index contributed by atoms with van der Waals surface area (Å²) in [6.07, 6.45) is 6.04. The number of ether oxygens (including phenoxy) is 2. The molecule has 0 aliphatic heterocycles. The van der Waals surface area contributed by atoms with Gasteiger partial charge in [-0.25, -0.2) is 9.97 Å². The van der Waals surface area contributed by atoms with Crippen LogP contribution >= 0.6 is 0 Å². The van der Waals surface area contributed by atoms with E-state index in [1.807, 2.05) is 48.8 Å². The highest BCUT2D eigenvalue weighted by atomic mass is 16.5. The molecule has 6 heteroatoms. The van der Waals surface area contributed by atoms with Crippen LogP contribution in [0.4, 0.5) is 11.5 Å². The van der Waals surface area contributed by atoms with Crippen LogP contribution in [-0.2, 0) is 6.42 Å². The second-order valence-electron chi connectivity index (χ2n) is 6.30. The summed E-state index contributed by atoms with van der Waals surface area (Å²) < 4.78 is 10.8. The lowest BCUT2D eigenvalue weighted by molar-refractivity contribution is 0.356. The van der Waals surface area contributed by atoms with Gasteiger partial charge >= 0.3 is 0 Å². The summed E-state index contributed by atoms with van der Waals surface area (Å²) in [7, 11) is 3.22. The first-order chi connectivity index (χ1) is 13.8. The summed E-state index contributed by atoms with van der Waals surface area (Å²) in [6, 6.07) is 16.1. The van der Waals surface area contributed by atoms with E-state index in [4.69, 9.17) is 9.47 Å². The molecule has 0 spiro atoms. The van der Waals surface area contributed by atoms with Crippen LogP contribution in [0.25, 0.3) is 10.9 Å². The summed E-state index contributed by atoms with van der Waals surface area (Å²) >= 11 is 0. The largest absolute Gasteiger partial charge is 0.493 e. The fourth-order valence-electron chi connectivity index (χ4n) is 3.06. The van der Waals surface area contributed by atoms with Gasteiger partial charge in [-0.2, -0.15) is 0 Å². The zero-order chi connectivity index (χ0) is 19.3. The molecule has 4 rings (SSSR count). The van der Waals surface area contributed by atoms with Crippen LogP contribution in [0.3, 0.4) is 0 Å². The van der Waals surface area contributed by atoms with Crippen LogP contribution in [0.2, 0.25) is 0 Å². The molecule has 140 valence electrons. The third-order valence-corrected chi connectivity index (χ3v) is 4.51. The average Bonchev–Trinajstić information content (AvgIpc) is 2.75.